The van der Waals surface area contributed by atoms with Gasteiger partial charge in [0.25, 0.3) is 0 Å². The lowest BCUT2D eigenvalue weighted by molar-refractivity contribution is -0.133. The summed E-state index contributed by atoms with van der Waals surface area (Å²) in [5.74, 6) is 0.0716. The van der Waals surface area contributed by atoms with Crippen LogP contribution in [0.5, 0.6) is 5.75 Å². The third-order valence-electron chi connectivity index (χ3n) is 5.60. The number of phenols is 1. The Morgan fingerprint density at radius 3 is 2.76 bits per heavy atom. The Kier molecular flexibility index (Phi) is 6.38. The number of benzene rings is 2. The molecule has 4 rings (SSSR count). The summed E-state index contributed by atoms with van der Waals surface area (Å²) >= 11 is 3.55. The fourth-order valence-electron chi connectivity index (χ4n) is 4.30. The molecule has 1 atom stereocenters. The number of nitrogens with zero attached hydrogens (tertiary/aromatic N) is 1. The lowest BCUT2D eigenvalue weighted by Crippen LogP contribution is -2.42. The fourth-order valence-corrected chi connectivity index (χ4v) is 4.66. The number of aromatic hydroxyl groups is 1. The van der Waals surface area contributed by atoms with Crippen LogP contribution in [0.1, 0.15) is 50.1 Å². The topological polar surface area (TPSA) is 94.7 Å². The first-order chi connectivity index (χ1) is 15.6. The number of nitrogens with one attached hydrogen (secondary N) is 2. The largest absolute Gasteiger partial charge is 0.508 e. The van der Waals surface area contributed by atoms with Gasteiger partial charge >= 0.3 is 6.09 Å². The standard InChI is InChI=1S/C25H28BrN3O4/c1-25(2,3)33-24(32)27-11-9-21(31)29-12-10-18-19-14-16(26)7-8-20(19)28-22(18)23(29)15-5-4-6-17(30)13-15/h4-8,13-14,23,28,30H,9-12H2,1-3H3,(H,27,32). The third-order valence-corrected chi connectivity index (χ3v) is 6.10. The third kappa shape index (κ3) is 5.16. The maximum atomic E-state index is 13.3. The van der Waals surface area contributed by atoms with E-state index in [2.05, 4.69) is 32.3 Å². The lowest BCUT2D eigenvalue weighted by Gasteiger charge is -2.36. The van der Waals surface area contributed by atoms with Crippen molar-refractivity contribution in [3.8, 4) is 5.75 Å². The Balaban J connectivity index is 1.60. The first-order valence-corrected chi connectivity index (χ1v) is 11.8. The Morgan fingerprint density at radius 2 is 2.03 bits per heavy atom. The monoisotopic (exact) mass is 513 g/mol. The van der Waals surface area contributed by atoms with E-state index < -0.39 is 11.7 Å². The second-order valence-corrected chi connectivity index (χ2v) is 10.1. The van der Waals surface area contributed by atoms with E-state index in [-0.39, 0.29) is 30.7 Å². The number of alkyl carbamates (subject to hydrolysis) is 1. The zero-order valence-electron chi connectivity index (χ0n) is 18.9. The number of ether oxygens (including phenoxy) is 1. The molecule has 8 heteroatoms. The molecule has 3 aromatic rings. The van der Waals surface area contributed by atoms with Crippen LogP contribution in [0.25, 0.3) is 10.9 Å². The van der Waals surface area contributed by atoms with Gasteiger partial charge in [-0.2, -0.15) is 0 Å². The Bertz CT molecular complexity index is 1200. The molecule has 3 N–H and O–H groups in total. The second kappa shape index (κ2) is 9.09. The van der Waals surface area contributed by atoms with Gasteiger partial charge in [0.1, 0.15) is 11.4 Å². The predicted molar refractivity (Wildman–Crippen MR) is 130 cm³/mol. The number of aromatic amines is 1. The Morgan fingerprint density at radius 1 is 1.24 bits per heavy atom. The van der Waals surface area contributed by atoms with Crippen LogP contribution >= 0.6 is 15.9 Å². The summed E-state index contributed by atoms with van der Waals surface area (Å²) in [7, 11) is 0. The molecular weight excluding hydrogens is 486 g/mol. The first-order valence-electron chi connectivity index (χ1n) is 11.0. The molecule has 0 saturated carbocycles. The summed E-state index contributed by atoms with van der Waals surface area (Å²) in [6.45, 7) is 6.10. The van der Waals surface area contributed by atoms with Crippen LogP contribution in [0.2, 0.25) is 0 Å². The van der Waals surface area contributed by atoms with Crippen LogP contribution in [0.4, 0.5) is 4.79 Å². The number of carbonyl (C=O) groups excluding carboxylic acids is 2. The number of amides is 2. The predicted octanol–water partition coefficient (Wildman–Crippen LogP) is 5.02. The highest BCUT2D eigenvalue weighted by atomic mass is 79.9. The molecule has 2 aromatic carbocycles. The molecule has 2 heterocycles. The average molecular weight is 514 g/mol. The van der Waals surface area contributed by atoms with Crippen LogP contribution in [0.15, 0.2) is 46.9 Å². The van der Waals surface area contributed by atoms with Crippen molar-refractivity contribution in [1.82, 2.24) is 15.2 Å². The van der Waals surface area contributed by atoms with Crippen molar-refractivity contribution in [2.45, 2.75) is 45.3 Å². The summed E-state index contributed by atoms with van der Waals surface area (Å²) in [4.78, 5) is 30.5. The normalized spacial score (nSPS) is 15.9. The molecule has 33 heavy (non-hydrogen) atoms. The number of hydrogen-bond acceptors (Lipinski definition) is 4. The van der Waals surface area contributed by atoms with Gasteiger partial charge in [-0.05, 0) is 68.7 Å². The average Bonchev–Trinajstić information content (AvgIpc) is 3.09. The van der Waals surface area contributed by atoms with Crippen LogP contribution in [0.3, 0.4) is 0 Å². The van der Waals surface area contributed by atoms with Gasteiger partial charge in [0.15, 0.2) is 0 Å². The molecule has 1 aromatic heterocycles. The van der Waals surface area contributed by atoms with Crippen molar-refractivity contribution in [3.63, 3.8) is 0 Å². The number of carbonyl (C=O) groups is 2. The van der Waals surface area contributed by atoms with Crippen molar-refractivity contribution in [2.24, 2.45) is 0 Å². The number of rotatable bonds is 4. The van der Waals surface area contributed by atoms with E-state index in [4.69, 9.17) is 4.74 Å². The SMILES string of the molecule is CC(C)(C)OC(=O)NCCC(=O)N1CCc2c([nH]c3ccc(Br)cc23)C1c1cccc(O)c1. The lowest BCUT2D eigenvalue weighted by atomic mass is 9.92. The van der Waals surface area contributed by atoms with Gasteiger partial charge in [-0.15, -0.1) is 0 Å². The molecule has 0 fully saturated rings. The molecule has 174 valence electrons. The number of hydrogen-bond donors (Lipinski definition) is 3. The van der Waals surface area contributed by atoms with Crippen molar-refractivity contribution >= 4 is 38.8 Å². The van der Waals surface area contributed by atoms with Gasteiger partial charge < -0.3 is 25.0 Å². The van der Waals surface area contributed by atoms with Gasteiger partial charge in [0.2, 0.25) is 5.91 Å². The minimum atomic E-state index is -0.595. The maximum absolute atomic E-state index is 13.3. The minimum Gasteiger partial charge on any atom is -0.508 e. The summed E-state index contributed by atoms with van der Waals surface area (Å²) in [5, 5.41) is 13.9. The van der Waals surface area contributed by atoms with Gasteiger partial charge in [0, 0.05) is 40.6 Å². The number of halogens is 1. The van der Waals surface area contributed by atoms with Crippen LogP contribution in [-0.2, 0) is 16.0 Å². The van der Waals surface area contributed by atoms with Crippen molar-refractivity contribution in [1.29, 1.82) is 0 Å². The number of fused-ring (bicyclic) bond motifs is 3. The second-order valence-electron chi connectivity index (χ2n) is 9.22. The van der Waals surface area contributed by atoms with E-state index in [1.54, 1.807) is 39.0 Å². The molecule has 1 aliphatic heterocycles. The van der Waals surface area contributed by atoms with Gasteiger partial charge in [-0.25, -0.2) is 4.79 Å². The van der Waals surface area contributed by atoms with Gasteiger partial charge in [0.05, 0.1) is 6.04 Å². The van der Waals surface area contributed by atoms with Crippen molar-refractivity contribution in [3.05, 3.63) is 63.8 Å². The van der Waals surface area contributed by atoms with E-state index >= 15 is 0 Å². The van der Waals surface area contributed by atoms with E-state index in [1.165, 1.54) is 5.56 Å². The Hall–Kier alpha value is -3.00. The van der Waals surface area contributed by atoms with Crippen LogP contribution < -0.4 is 5.32 Å². The highest BCUT2D eigenvalue weighted by molar-refractivity contribution is 9.10. The van der Waals surface area contributed by atoms with E-state index in [9.17, 15) is 14.7 Å². The molecule has 0 saturated heterocycles. The quantitative estimate of drug-likeness (QED) is 0.456. The molecule has 0 bridgehead atoms. The summed E-state index contributed by atoms with van der Waals surface area (Å²) in [5.41, 5.74) is 3.37. The Labute approximate surface area is 201 Å². The van der Waals surface area contributed by atoms with Crippen molar-refractivity contribution < 1.29 is 19.4 Å². The van der Waals surface area contributed by atoms with Crippen molar-refractivity contribution in [2.75, 3.05) is 13.1 Å². The van der Waals surface area contributed by atoms with E-state index in [0.717, 1.165) is 26.6 Å². The zero-order valence-corrected chi connectivity index (χ0v) is 20.5. The van der Waals surface area contributed by atoms with Crippen LogP contribution in [0, 0.1) is 0 Å². The molecule has 2 amide bonds. The molecule has 0 spiro atoms. The van der Waals surface area contributed by atoms with E-state index in [1.807, 2.05) is 23.1 Å². The van der Waals surface area contributed by atoms with Gasteiger partial charge in [-0.3, -0.25) is 4.79 Å². The summed E-state index contributed by atoms with van der Waals surface area (Å²) in [6.07, 6.45) is 0.323. The molecule has 0 radical (unpaired) electrons. The van der Waals surface area contributed by atoms with Gasteiger partial charge in [-0.1, -0.05) is 28.1 Å². The number of phenolic OH excluding ortho intramolecular Hbond substituents is 1. The number of H-pyrrole nitrogens is 1. The molecule has 7 nitrogen and oxygen atoms in total. The smallest absolute Gasteiger partial charge is 0.407 e. The molecule has 1 unspecified atom stereocenters. The highest BCUT2D eigenvalue weighted by Crippen LogP contribution is 2.40. The summed E-state index contributed by atoms with van der Waals surface area (Å²) < 4.78 is 6.24. The maximum Gasteiger partial charge on any atom is 0.407 e. The molecule has 1 aliphatic rings. The molecular formula is C25H28BrN3O4. The minimum absolute atomic E-state index is 0.0788. The van der Waals surface area contributed by atoms with E-state index in [0.29, 0.717) is 13.0 Å². The summed E-state index contributed by atoms with van der Waals surface area (Å²) in [6, 6.07) is 12.7. The number of aromatic nitrogens is 1. The molecule has 0 aliphatic carbocycles. The first kappa shape index (κ1) is 23.2. The fraction of sp³-hybridized carbons (Fsp3) is 0.360. The van der Waals surface area contributed by atoms with Crippen LogP contribution in [-0.4, -0.2) is 45.7 Å². The highest BCUT2D eigenvalue weighted by Gasteiger charge is 2.34. The zero-order chi connectivity index (χ0) is 23.8.